The Balaban J connectivity index is 1.52. The summed E-state index contributed by atoms with van der Waals surface area (Å²) in [4.78, 5) is 12.1. The molecular weight excluding hydrogens is 375 g/mol. The molecule has 0 bridgehead atoms. The number of amides is 1. The molecule has 2 aromatic carbocycles. The highest BCUT2D eigenvalue weighted by Crippen LogP contribution is 2.27. The average Bonchev–Trinajstić information content (AvgIpc) is 2.74. The van der Waals surface area contributed by atoms with Gasteiger partial charge in [-0.05, 0) is 54.4 Å². The fourth-order valence-electron chi connectivity index (χ4n) is 2.68. The van der Waals surface area contributed by atoms with E-state index in [0.717, 1.165) is 18.1 Å². The Morgan fingerprint density at radius 2 is 1.72 bits per heavy atom. The van der Waals surface area contributed by atoms with E-state index in [-0.39, 0.29) is 11.4 Å². The first-order chi connectivity index (χ1) is 14.1. The third kappa shape index (κ3) is 5.41. The van der Waals surface area contributed by atoms with Crippen LogP contribution in [0.4, 0.5) is 16.0 Å². The van der Waals surface area contributed by atoms with Crippen LogP contribution >= 0.6 is 0 Å². The lowest BCUT2D eigenvalue weighted by molar-refractivity contribution is 0.102. The quantitative estimate of drug-likeness (QED) is 0.606. The highest BCUT2D eigenvalue weighted by Gasteiger charge is 2.08. The number of carbonyl (C=O) groups excluding carboxylic acids is 1. The van der Waals surface area contributed by atoms with Crippen LogP contribution in [0.15, 0.2) is 54.6 Å². The minimum Gasteiger partial charge on any atom is -0.493 e. The molecule has 0 saturated heterocycles. The van der Waals surface area contributed by atoms with E-state index >= 15 is 0 Å². The van der Waals surface area contributed by atoms with Gasteiger partial charge < -0.3 is 20.1 Å². The van der Waals surface area contributed by atoms with Crippen molar-refractivity contribution in [3.05, 3.63) is 71.5 Å². The number of anilines is 2. The van der Waals surface area contributed by atoms with Crippen LogP contribution in [0.2, 0.25) is 0 Å². The van der Waals surface area contributed by atoms with Crippen molar-refractivity contribution in [2.45, 2.75) is 6.42 Å². The second-order valence-corrected chi connectivity index (χ2v) is 6.13. The van der Waals surface area contributed by atoms with Crippen molar-refractivity contribution in [3.8, 4) is 11.5 Å². The van der Waals surface area contributed by atoms with Crippen molar-refractivity contribution in [2.75, 3.05) is 31.4 Å². The second-order valence-electron chi connectivity index (χ2n) is 6.13. The molecule has 150 valence electrons. The Kier molecular flexibility index (Phi) is 6.57. The molecular formula is C21H21FN4O3. The fourth-order valence-corrected chi connectivity index (χ4v) is 2.68. The Labute approximate surface area is 167 Å². The molecule has 0 aliphatic carbocycles. The van der Waals surface area contributed by atoms with E-state index in [2.05, 4.69) is 20.8 Å². The van der Waals surface area contributed by atoms with Crippen LogP contribution in [0.3, 0.4) is 0 Å². The summed E-state index contributed by atoms with van der Waals surface area (Å²) in [5.41, 5.74) is 1.30. The molecule has 3 rings (SSSR count). The largest absolute Gasteiger partial charge is 0.493 e. The van der Waals surface area contributed by atoms with Crippen LogP contribution in [0.1, 0.15) is 15.9 Å². The monoisotopic (exact) mass is 396 g/mol. The molecule has 1 heterocycles. The highest BCUT2D eigenvalue weighted by atomic mass is 19.1. The summed E-state index contributed by atoms with van der Waals surface area (Å²) in [6.07, 6.45) is 0.750. The predicted octanol–water partition coefficient (Wildman–Crippen LogP) is 3.54. The summed E-state index contributed by atoms with van der Waals surface area (Å²) >= 11 is 0. The summed E-state index contributed by atoms with van der Waals surface area (Å²) in [6.45, 7) is 0.638. The third-order valence-corrected chi connectivity index (χ3v) is 4.16. The minimum absolute atomic E-state index is 0.212. The predicted molar refractivity (Wildman–Crippen MR) is 108 cm³/mol. The molecule has 0 saturated carbocycles. The van der Waals surface area contributed by atoms with Crippen LogP contribution < -0.4 is 20.1 Å². The molecule has 2 N–H and O–H groups in total. The molecule has 8 heteroatoms. The zero-order valence-electron chi connectivity index (χ0n) is 16.1. The summed E-state index contributed by atoms with van der Waals surface area (Å²) in [5.74, 6) is 1.30. The molecule has 0 unspecified atom stereocenters. The Hall–Kier alpha value is -3.68. The first-order valence-electron chi connectivity index (χ1n) is 8.94. The van der Waals surface area contributed by atoms with Gasteiger partial charge in [-0.2, -0.15) is 0 Å². The number of benzene rings is 2. The number of rotatable bonds is 8. The lowest BCUT2D eigenvalue weighted by Crippen LogP contribution is -2.14. The Morgan fingerprint density at radius 3 is 2.41 bits per heavy atom. The summed E-state index contributed by atoms with van der Waals surface area (Å²) in [6, 6.07) is 14.5. The zero-order valence-corrected chi connectivity index (χ0v) is 16.1. The van der Waals surface area contributed by atoms with Gasteiger partial charge in [0.1, 0.15) is 11.6 Å². The summed E-state index contributed by atoms with van der Waals surface area (Å²) < 4.78 is 23.7. The molecule has 29 heavy (non-hydrogen) atoms. The van der Waals surface area contributed by atoms with E-state index in [4.69, 9.17) is 9.47 Å². The molecule has 0 atom stereocenters. The molecule has 0 aliphatic heterocycles. The van der Waals surface area contributed by atoms with Crippen molar-refractivity contribution < 1.29 is 18.7 Å². The van der Waals surface area contributed by atoms with E-state index < -0.39 is 11.7 Å². The van der Waals surface area contributed by atoms with Crippen LogP contribution in [-0.4, -0.2) is 36.9 Å². The molecule has 1 aromatic heterocycles. The number of methoxy groups -OCH3 is 2. The van der Waals surface area contributed by atoms with Crippen LogP contribution in [0, 0.1) is 5.82 Å². The van der Waals surface area contributed by atoms with Gasteiger partial charge in [0.25, 0.3) is 5.91 Å². The molecule has 7 nitrogen and oxygen atoms in total. The van der Waals surface area contributed by atoms with Crippen molar-refractivity contribution >= 4 is 17.5 Å². The number of nitrogens with zero attached hydrogens (tertiary/aromatic N) is 2. The second kappa shape index (κ2) is 9.50. The molecule has 0 fully saturated rings. The standard InChI is InChI=1S/C21H21FN4O3/c1-28-17-7-6-14(12-18(17)29-2)10-11-23-19-8-9-20(26-25-19)24-21(27)15-4-3-5-16(22)13-15/h3-9,12-13H,10-11H2,1-2H3,(H,23,25)(H,24,26,27). The normalized spacial score (nSPS) is 10.3. The number of aromatic nitrogens is 2. The minimum atomic E-state index is -0.474. The Bertz CT molecular complexity index is 980. The van der Waals surface area contributed by atoms with Gasteiger partial charge in [-0.25, -0.2) is 4.39 Å². The van der Waals surface area contributed by atoms with Gasteiger partial charge in [-0.3, -0.25) is 4.79 Å². The van der Waals surface area contributed by atoms with Gasteiger partial charge in [0.15, 0.2) is 17.3 Å². The topological polar surface area (TPSA) is 85.4 Å². The van der Waals surface area contributed by atoms with Gasteiger partial charge >= 0.3 is 0 Å². The Morgan fingerprint density at radius 1 is 0.966 bits per heavy atom. The SMILES string of the molecule is COc1ccc(CCNc2ccc(NC(=O)c3cccc(F)c3)nn2)cc1OC. The molecule has 0 aliphatic rings. The van der Waals surface area contributed by atoms with E-state index in [1.807, 2.05) is 18.2 Å². The summed E-state index contributed by atoms with van der Waals surface area (Å²) in [7, 11) is 3.20. The first kappa shape index (κ1) is 20.1. The fraction of sp³-hybridized carbons (Fsp3) is 0.190. The van der Waals surface area contributed by atoms with Crippen molar-refractivity contribution in [3.63, 3.8) is 0 Å². The van der Waals surface area contributed by atoms with Crippen LogP contribution in [-0.2, 0) is 6.42 Å². The number of carbonyl (C=O) groups is 1. The lowest BCUT2D eigenvalue weighted by Gasteiger charge is -2.10. The van der Waals surface area contributed by atoms with Crippen molar-refractivity contribution in [1.82, 2.24) is 10.2 Å². The molecule has 0 spiro atoms. The highest BCUT2D eigenvalue weighted by molar-refractivity contribution is 6.03. The average molecular weight is 396 g/mol. The third-order valence-electron chi connectivity index (χ3n) is 4.16. The lowest BCUT2D eigenvalue weighted by atomic mass is 10.1. The maximum Gasteiger partial charge on any atom is 0.256 e. The zero-order chi connectivity index (χ0) is 20.6. The number of halogens is 1. The molecule has 0 radical (unpaired) electrons. The van der Waals surface area contributed by atoms with E-state index in [1.54, 1.807) is 26.4 Å². The van der Waals surface area contributed by atoms with E-state index in [0.29, 0.717) is 23.9 Å². The van der Waals surface area contributed by atoms with Gasteiger partial charge in [-0.15, -0.1) is 10.2 Å². The van der Waals surface area contributed by atoms with Gasteiger partial charge in [0.2, 0.25) is 0 Å². The smallest absolute Gasteiger partial charge is 0.256 e. The first-order valence-corrected chi connectivity index (χ1v) is 8.94. The maximum atomic E-state index is 13.2. The van der Waals surface area contributed by atoms with Crippen molar-refractivity contribution in [1.29, 1.82) is 0 Å². The van der Waals surface area contributed by atoms with E-state index in [1.165, 1.54) is 18.2 Å². The van der Waals surface area contributed by atoms with Crippen molar-refractivity contribution in [2.24, 2.45) is 0 Å². The number of ether oxygens (including phenoxy) is 2. The number of nitrogens with one attached hydrogen (secondary N) is 2. The van der Waals surface area contributed by atoms with Crippen LogP contribution in [0.5, 0.6) is 11.5 Å². The maximum absolute atomic E-state index is 13.2. The van der Waals surface area contributed by atoms with Gasteiger partial charge in [-0.1, -0.05) is 12.1 Å². The van der Waals surface area contributed by atoms with Crippen LogP contribution in [0.25, 0.3) is 0 Å². The summed E-state index contributed by atoms with van der Waals surface area (Å²) in [5, 5.41) is 13.8. The molecule has 3 aromatic rings. The van der Waals surface area contributed by atoms with E-state index in [9.17, 15) is 9.18 Å². The number of hydrogen-bond acceptors (Lipinski definition) is 6. The van der Waals surface area contributed by atoms with Gasteiger partial charge in [0.05, 0.1) is 14.2 Å². The number of hydrogen-bond donors (Lipinski definition) is 2. The van der Waals surface area contributed by atoms with Gasteiger partial charge in [0, 0.05) is 12.1 Å². The molecule has 1 amide bonds.